The van der Waals surface area contributed by atoms with Crippen molar-refractivity contribution in [1.82, 2.24) is 15.3 Å². The summed E-state index contributed by atoms with van der Waals surface area (Å²) in [7, 11) is 4.11. The highest BCUT2D eigenvalue weighted by molar-refractivity contribution is 5.79. The van der Waals surface area contributed by atoms with E-state index in [2.05, 4.69) is 71.2 Å². The van der Waals surface area contributed by atoms with Gasteiger partial charge in [-0.25, -0.2) is 4.98 Å². The van der Waals surface area contributed by atoms with E-state index in [4.69, 9.17) is 9.97 Å². The minimum Gasteiger partial charge on any atom is -0.507 e. The van der Waals surface area contributed by atoms with Crippen molar-refractivity contribution >= 4 is 17.7 Å². The maximum Gasteiger partial charge on any atom is 0.225 e. The van der Waals surface area contributed by atoms with Crippen LogP contribution in [0.25, 0.3) is 0 Å². The first-order valence-corrected chi connectivity index (χ1v) is 14.7. The molecule has 1 aromatic carbocycles. The smallest absolute Gasteiger partial charge is 0.225 e. The average molecular weight is 536 g/mol. The molecule has 1 saturated carbocycles. The van der Waals surface area contributed by atoms with Crippen molar-refractivity contribution in [3.8, 4) is 5.75 Å². The second kappa shape index (κ2) is 11.3. The molecule has 4 rings (SSSR count). The van der Waals surface area contributed by atoms with Crippen LogP contribution in [0.15, 0.2) is 12.1 Å². The van der Waals surface area contributed by atoms with E-state index in [1.54, 1.807) is 0 Å². The monoisotopic (exact) mass is 535 g/mol. The lowest BCUT2D eigenvalue weighted by molar-refractivity contribution is -0.121. The second-order valence-electron chi connectivity index (χ2n) is 13.9. The summed E-state index contributed by atoms with van der Waals surface area (Å²) >= 11 is 0. The van der Waals surface area contributed by atoms with Gasteiger partial charge < -0.3 is 20.6 Å². The van der Waals surface area contributed by atoms with Gasteiger partial charge >= 0.3 is 0 Å². The van der Waals surface area contributed by atoms with Gasteiger partial charge in [-0.1, -0.05) is 53.7 Å². The van der Waals surface area contributed by atoms with Gasteiger partial charge in [0.25, 0.3) is 0 Å². The van der Waals surface area contributed by atoms with Crippen molar-refractivity contribution in [2.75, 3.05) is 24.3 Å². The Morgan fingerprint density at radius 1 is 0.923 bits per heavy atom. The molecular formula is C32H49N5O2. The van der Waals surface area contributed by atoms with Crippen LogP contribution in [0.4, 0.5) is 11.8 Å². The van der Waals surface area contributed by atoms with Crippen LogP contribution in [0, 0.1) is 0 Å². The average Bonchev–Trinajstić information content (AvgIpc) is 2.84. The van der Waals surface area contributed by atoms with Crippen molar-refractivity contribution in [3.63, 3.8) is 0 Å². The van der Waals surface area contributed by atoms with Gasteiger partial charge in [-0.3, -0.25) is 4.79 Å². The number of rotatable bonds is 6. The molecule has 2 aromatic rings. The molecule has 1 heterocycles. The van der Waals surface area contributed by atoms with Gasteiger partial charge in [0.1, 0.15) is 11.6 Å². The van der Waals surface area contributed by atoms with Gasteiger partial charge in [-0.05, 0) is 78.9 Å². The molecule has 0 spiro atoms. The predicted octanol–water partition coefficient (Wildman–Crippen LogP) is 5.80. The van der Waals surface area contributed by atoms with Gasteiger partial charge in [-0.15, -0.1) is 0 Å². The number of carbonyl (C=O) groups is 1. The molecule has 0 radical (unpaired) electrons. The van der Waals surface area contributed by atoms with Crippen LogP contribution in [0.1, 0.15) is 108 Å². The van der Waals surface area contributed by atoms with E-state index in [1.807, 2.05) is 12.1 Å². The lowest BCUT2D eigenvalue weighted by atomic mass is 9.78. The summed E-state index contributed by atoms with van der Waals surface area (Å²) in [6.45, 7) is 12.6. The summed E-state index contributed by atoms with van der Waals surface area (Å²) < 4.78 is 0. The Balaban J connectivity index is 1.36. The predicted molar refractivity (Wildman–Crippen MR) is 160 cm³/mol. The number of aromatic nitrogens is 2. The Morgan fingerprint density at radius 2 is 1.49 bits per heavy atom. The summed E-state index contributed by atoms with van der Waals surface area (Å²) in [6, 6.07) is 4.51. The van der Waals surface area contributed by atoms with Gasteiger partial charge in [0, 0.05) is 31.7 Å². The quantitative estimate of drug-likeness (QED) is 0.433. The van der Waals surface area contributed by atoms with Crippen LogP contribution in [0.3, 0.4) is 0 Å². The molecule has 1 amide bonds. The molecule has 0 saturated heterocycles. The van der Waals surface area contributed by atoms with Crippen LogP contribution >= 0.6 is 0 Å². The number of hydrogen-bond acceptors (Lipinski definition) is 6. The third-order valence-electron chi connectivity index (χ3n) is 8.16. The fraction of sp³-hybridized carbons (Fsp3) is 0.656. The zero-order valence-electron chi connectivity index (χ0n) is 25.4. The number of nitrogens with one attached hydrogen (secondary N) is 2. The molecular weight excluding hydrogens is 486 g/mol. The number of phenolic OH excluding ortho intramolecular Hbond substituents is 1. The zero-order valence-corrected chi connectivity index (χ0v) is 25.4. The minimum absolute atomic E-state index is 0.0467. The Labute approximate surface area is 235 Å². The number of phenols is 1. The third-order valence-corrected chi connectivity index (χ3v) is 8.16. The highest BCUT2D eigenvalue weighted by Crippen LogP contribution is 2.40. The number of carbonyl (C=O) groups excluding carboxylic acids is 1. The molecule has 2 aliphatic rings. The maximum atomic E-state index is 13.1. The minimum atomic E-state index is -0.211. The molecule has 0 atom stereocenters. The summed E-state index contributed by atoms with van der Waals surface area (Å²) in [4.78, 5) is 24.9. The van der Waals surface area contributed by atoms with E-state index < -0.39 is 0 Å². The van der Waals surface area contributed by atoms with Crippen molar-refractivity contribution < 1.29 is 9.90 Å². The van der Waals surface area contributed by atoms with Crippen LogP contribution in [-0.2, 0) is 34.9 Å². The standard InChI is InChI=1S/C32H49N5O2/c1-31(2,3)24-17-20(18-25(28(24)39)32(4,5)6)19-27(38)33-21-13-15-22(16-14-21)34-30-35-26-12-10-9-11-23(26)29(36-30)37(7)8/h17-18,21-22,39H,9-16,19H2,1-8H3,(H,33,38)(H,34,35,36). The lowest BCUT2D eigenvalue weighted by Crippen LogP contribution is -2.41. The molecule has 214 valence electrons. The molecule has 39 heavy (non-hydrogen) atoms. The molecule has 0 bridgehead atoms. The Bertz CT molecular complexity index is 1150. The number of fused-ring (bicyclic) bond motifs is 1. The summed E-state index contributed by atoms with van der Waals surface area (Å²) in [5.74, 6) is 2.18. The number of aryl methyl sites for hydroxylation is 1. The Hall–Kier alpha value is -2.83. The number of aromatic hydroxyl groups is 1. The molecule has 1 fully saturated rings. The normalized spacial score (nSPS) is 19.8. The summed E-state index contributed by atoms with van der Waals surface area (Å²) in [5.41, 5.74) is 4.82. The van der Waals surface area contributed by atoms with Crippen LogP contribution in [-0.4, -0.2) is 47.2 Å². The first-order chi connectivity index (χ1) is 18.2. The van der Waals surface area contributed by atoms with Gasteiger partial charge in [0.2, 0.25) is 11.9 Å². The van der Waals surface area contributed by atoms with Crippen molar-refractivity contribution in [1.29, 1.82) is 0 Å². The summed E-state index contributed by atoms with van der Waals surface area (Å²) in [5, 5.41) is 17.9. The van der Waals surface area contributed by atoms with E-state index in [1.165, 1.54) is 24.1 Å². The molecule has 2 aliphatic carbocycles. The highest BCUT2D eigenvalue weighted by Gasteiger charge is 2.28. The van der Waals surface area contributed by atoms with Gasteiger partial charge in [-0.2, -0.15) is 4.98 Å². The highest BCUT2D eigenvalue weighted by atomic mass is 16.3. The molecule has 1 aromatic heterocycles. The van der Waals surface area contributed by atoms with E-state index >= 15 is 0 Å². The largest absolute Gasteiger partial charge is 0.507 e. The Morgan fingerprint density at radius 3 is 2.05 bits per heavy atom. The van der Waals surface area contributed by atoms with E-state index in [9.17, 15) is 9.90 Å². The zero-order chi connectivity index (χ0) is 28.5. The first-order valence-electron chi connectivity index (χ1n) is 14.7. The fourth-order valence-electron chi connectivity index (χ4n) is 5.98. The molecule has 7 nitrogen and oxygen atoms in total. The van der Waals surface area contributed by atoms with Crippen molar-refractivity contribution in [3.05, 3.63) is 40.1 Å². The second-order valence-corrected chi connectivity index (χ2v) is 13.9. The van der Waals surface area contributed by atoms with E-state index in [-0.39, 0.29) is 22.8 Å². The van der Waals surface area contributed by atoms with E-state index in [0.29, 0.717) is 18.2 Å². The van der Waals surface area contributed by atoms with Gasteiger partial charge in [0.05, 0.1) is 12.1 Å². The van der Waals surface area contributed by atoms with E-state index in [0.717, 1.165) is 67.0 Å². The van der Waals surface area contributed by atoms with Crippen molar-refractivity contribution in [2.45, 2.75) is 122 Å². The SMILES string of the molecule is CN(C)c1nc(NC2CCC(NC(=O)Cc3cc(C(C)(C)C)c(O)c(C(C)(C)C)c3)CC2)nc2c1CCCC2. The molecule has 3 N–H and O–H groups in total. The van der Waals surface area contributed by atoms with Crippen LogP contribution < -0.4 is 15.5 Å². The van der Waals surface area contributed by atoms with Crippen molar-refractivity contribution in [2.24, 2.45) is 0 Å². The summed E-state index contributed by atoms with van der Waals surface area (Å²) in [6.07, 6.45) is 8.64. The third kappa shape index (κ3) is 7.03. The number of benzene rings is 1. The molecule has 0 aliphatic heterocycles. The number of hydrogen-bond donors (Lipinski definition) is 3. The maximum absolute atomic E-state index is 13.1. The molecule has 0 unspecified atom stereocenters. The topological polar surface area (TPSA) is 90.4 Å². The van der Waals surface area contributed by atoms with Crippen LogP contribution in [0.5, 0.6) is 5.75 Å². The lowest BCUT2D eigenvalue weighted by Gasteiger charge is -2.31. The van der Waals surface area contributed by atoms with Gasteiger partial charge in [0.15, 0.2) is 0 Å². The number of amides is 1. The first kappa shape index (κ1) is 29.2. The number of anilines is 2. The number of nitrogens with zero attached hydrogens (tertiary/aromatic N) is 3. The molecule has 7 heteroatoms. The Kier molecular flexibility index (Phi) is 8.48. The van der Waals surface area contributed by atoms with Crippen LogP contribution in [0.2, 0.25) is 0 Å². The fourth-order valence-corrected chi connectivity index (χ4v) is 5.98.